The Kier molecular flexibility index (Phi) is 4.02. The van der Waals surface area contributed by atoms with Gasteiger partial charge < -0.3 is 0 Å². The van der Waals surface area contributed by atoms with Crippen molar-refractivity contribution in [2.45, 2.75) is 36.5 Å². The molecule has 1 aliphatic heterocycles. The number of aryl methyl sites for hydroxylation is 2. The van der Waals surface area contributed by atoms with E-state index in [1.54, 1.807) is 17.8 Å². The summed E-state index contributed by atoms with van der Waals surface area (Å²) in [4.78, 5) is 1.27. The first-order valence-electron chi connectivity index (χ1n) is 7.07. The molecule has 2 unspecified atom stereocenters. The van der Waals surface area contributed by atoms with Crippen LogP contribution in [-0.2, 0) is 6.42 Å². The summed E-state index contributed by atoms with van der Waals surface area (Å²) in [6, 6.07) is 11.7. The minimum absolute atomic E-state index is 0.174. The van der Waals surface area contributed by atoms with E-state index in [0.29, 0.717) is 5.56 Å². The number of hydrazine groups is 1. The molecule has 1 aliphatic rings. The van der Waals surface area contributed by atoms with Gasteiger partial charge in [0, 0.05) is 15.7 Å². The third-order valence-corrected chi connectivity index (χ3v) is 5.41. The smallest absolute Gasteiger partial charge is 0.128 e. The van der Waals surface area contributed by atoms with Crippen LogP contribution >= 0.6 is 11.8 Å². The number of hydrogen-bond donors (Lipinski definition) is 2. The molecule has 3 rings (SSSR count). The second-order valence-corrected chi connectivity index (χ2v) is 6.87. The fourth-order valence-electron chi connectivity index (χ4n) is 3.09. The average Bonchev–Trinajstić information content (AvgIpc) is 2.85. The zero-order chi connectivity index (χ0) is 15.0. The fourth-order valence-corrected chi connectivity index (χ4v) is 4.49. The summed E-state index contributed by atoms with van der Waals surface area (Å²) in [6.45, 7) is 3.85. The maximum Gasteiger partial charge on any atom is 0.128 e. The van der Waals surface area contributed by atoms with Gasteiger partial charge in [0.05, 0.1) is 6.04 Å². The Bertz CT molecular complexity index is 624. The lowest BCUT2D eigenvalue weighted by Crippen LogP contribution is -2.36. The predicted octanol–water partition coefficient (Wildman–Crippen LogP) is 3.66. The molecule has 2 aromatic rings. The summed E-state index contributed by atoms with van der Waals surface area (Å²) in [5, 5.41) is 0.211. The molecular formula is C17H19FN2S. The van der Waals surface area contributed by atoms with Gasteiger partial charge in [-0.15, -0.1) is 11.8 Å². The Hall–Kier alpha value is -1.36. The summed E-state index contributed by atoms with van der Waals surface area (Å²) in [6.07, 6.45) is 0.905. The highest BCUT2D eigenvalue weighted by molar-refractivity contribution is 8.00. The zero-order valence-corrected chi connectivity index (χ0v) is 13.0. The van der Waals surface area contributed by atoms with E-state index in [0.717, 1.165) is 17.5 Å². The van der Waals surface area contributed by atoms with Crippen LogP contribution in [0.2, 0.25) is 0 Å². The van der Waals surface area contributed by atoms with Crippen LogP contribution in [0.25, 0.3) is 0 Å². The number of thioether (sulfide) groups is 1. The Balaban J connectivity index is 1.94. The number of fused-ring (bicyclic) bond motifs is 1. The van der Waals surface area contributed by atoms with Crippen LogP contribution in [0.5, 0.6) is 0 Å². The highest BCUT2D eigenvalue weighted by Gasteiger charge is 2.32. The molecule has 110 valence electrons. The molecule has 0 bridgehead atoms. The standard InChI is InChI=1S/C17H19FN2S/c1-10-7-11(2)16(13(18)8-10)17(20-19)15-9-12-5-3-4-6-14(12)21-15/h3-8,15,17,20H,9,19H2,1-2H3. The number of nitrogens with two attached hydrogens (primary N) is 1. The second-order valence-electron chi connectivity index (χ2n) is 5.59. The number of nitrogens with one attached hydrogen (secondary N) is 1. The van der Waals surface area contributed by atoms with E-state index < -0.39 is 0 Å². The van der Waals surface area contributed by atoms with Crippen molar-refractivity contribution in [2.75, 3.05) is 0 Å². The first-order valence-corrected chi connectivity index (χ1v) is 7.95. The second kappa shape index (κ2) is 5.79. The molecule has 0 aromatic heterocycles. The largest absolute Gasteiger partial charge is 0.271 e. The van der Waals surface area contributed by atoms with E-state index in [1.807, 2.05) is 32.0 Å². The normalized spacial score (nSPS) is 18.6. The van der Waals surface area contributed by atoms with Gasteiger partial charge in [-0.25, -0.2) is 4.39 Å². The molecule has 21 heavy (non-hydrogen) atoms. The van der Waals surface area contributed by atoms with Crippen LogP contribution in [-0.4, -0.2) is 5.25 Å². The molecule has 0 saturated heterocycles. The minimum atomic E-state index is -0.192. The third-order valence-electron chi connectivity index (χ3n) is 4.02. The summed E-state index contributed by atoms with van der Waals surface area (Å²) < 4.78 is 14.4. The highest BCUT2D eigenvalue weighted by Crippen LogP contribution is 2.43. The van der Waals surface area contributed by atoms with Gasteiger partial charge >= 0.3 is 0 Å². The van der Waals surface area contributed by atoms with Crippen molar-refractivity contribution in [2.24, 2.45) is 5.84 Å². The molecule has 0 amide bonds. The van der Waals surface area contributed by atoms with E-state index in [4.69, 9.17) is 5.84 Å². The van der Waals surface area contributed by atoms with Crippen LogP contribution in [0.3, 0.4) is 0 Å². The summed E-state index contributed by atoms with van der Waals surface area (Å²) in [7, 11) is 0. The molecular weight excluding hydrogens is 283 g/mol. The number of hydrogen-bond acceptors (Lipinski definition) is 3. The van der Waals surface area contributed by atoms with Crippen molar-refractivity contribution in [1.82, 2.24) is 5.43 Å². The highest BCUT2D eigenvalue weighted by atomic mass is 32.2. The Morgan fingerprint density at radius 2 is 2.05 bits per heavy atom. The minimum Gasteiger partial charge on any atom is -0.271 e. The molecule has 2 aromatic carbocycles. The lowest BCUT2D eigenvalue weighted by Gasteiger charge is -2.25. The molecule has 0 spiro atoms. The maximum atomic E-state index is 14.4. The molecule has 0 fully saturated rings. The first kappa shape index (κ1) is 14.6. The van der Waals surface area contributed by atoms with Crippen LogP contribution in [0, 0.1) is 19.7 Å². The van der Waals surface area contributed by atoms with Crippen LogP contribution in [0.4, 0.5) is 4.39 Å². The molecule has 1 heterocycles. The SMILES string of the molecule is Cc1cc(C)c(C(NN)C2Cc3ccccc3S2)c(F)c1. The van der Waals surface area contributed by atoms with Gasteiger partial charge in [0.1, 0.15) is 5.82 Å². The monoisotopic (exact) mass is 302 g/mol. The average molecular weight is 302 g/mol. The summed E-state index contributed by atoms with van der Waals surface area (Å²) in [5.74, 6) is 5.59. The first-order chi connectivity index (χ1) is 10.1. The van der Waals surface area contributed by atoms with Crippen molar-refractivity contribution < 1.29 is 4.39 Å². The molecule has 0 radical (unpaired) electrons. The topological polar surface area (TPSA) is 38.0 Å². The molecule has 4 heteroatoms. The van der Waals surface area contributed by atoms with Gasteiger partial charge in [0.15, 0.2) is 0 Å². The van der Waals surface area contributed by atoms with Gasteiger partial charge in [-0.05, 0) is 49.1 Å². The lowest BCUT2D eigenvalue weighted by molar-refractivity contribution is 0.495. The Morgan fingerprint density at radius 1 is 1.29 bits per heavy atom. The van der Waals surface area contributed by atoms with Crippen LogP contribution < -0.4 is 11.3 Å². The van der Waals surface area contributed by atoms with E-state index in [2.05, 4.69) is 17.6 Å². The van der Waals surface area contributed by atoms with Crippen molar-refractivity contribution in [3.63, 3.8) is 0 Å². The fraction of sp³-hybridized carbons (Fsp3) is 0.294. The van der Waals surface area contributed by atoms with Crippen molar-refractivity contribution in [1.29, 1.82) is 0 Å². The van der Waals surface area contributed by atoms with Gasteiger partial charge in [-0.2, -0.15) is 0 Å². The number of halogens is 1. The Labute approximate surface area is 128 Å². The maximum absolute atomic E-state index is 14.4. The van der Waals surface area contributed by atoms with E-state index in [9.17, 15) is 4.39 Å². The predicted molar refractivity (Wildman–Crippen MR) is 85.7 cm³/mol. The van der Waals surface area contributed by atoms with E-state index >= 15 is 0 Å². The van der Waals surface area contributed by atoms with Crippen molar-refractivity contribution >= 4 is 11.8 Å². The number of rotatable bonds is 3. The summed E-state index contributed by atoms with van der Waals surface area (Å²) >= 11 is 1.78. The van der Waals surface area contributed by atoms with Crippen LogP contribution in [0.15, 0.2) is 41.3 Å². The van der Waals surface area contributed by atoms with Gasteiger partial charge in [0.25, 0.3) is 0 Å². The quantitative estimate of drug-likeness (QED) is 0.671. The molecule has 3 N–H and O–H groups in total. The van der Waals surface area contributed by atoms with Crippen LogP contribution in [0.1, 0.15) is 28.3 Å². The molecule has 2 nitrogen and oxygen atoms in total. The van der Waals surface area contributed by atoms with Gasteiger partial charge in [-0.1, -0.05) is 24.3 Å². The Morgan fingerprint density at radius 3 is 2.71 bits per heavy atom. The molecule has 0 aliphatic carbocycles. The van der Waals surface area contributed by atoms with Crippen molar-refractivity contribution in [3.05, 3.63) is 64.5 Å². The van der Waals surface area contributed by atoms with Gasteiger partial charge in [-0.3, -0.25) is 11.3 Å². The van der Waals surface area contributed by atoms with Crippen molar-refractivity contribution in [3.8, 4) is 0 Å². The van der Waals surface area contributed by atoms with E-state index in [-0.39, 0.29) is 17.1 Å². The van der Waals surface area contributed by atoms with Gasteiger partial charge in [0.2, 0.25) is 0 Å². The lowest BCUT2D eigenvalue weighted by atomic mass is 9.94. The summed E-state index contributed by atoms with van der Waals surface area (Å²) in [5.41, 5.74) is 6.73. The zero-order valence-electron chi connectivity index (χ0n) is 12.2. The third kappa shape index (κ3) is 2.71. The van der Waals surface area contributed by atoms with E-state index in [1.165, 1.54) is 10.5 Å². The molecule has 0 saturated carbocycles. The molecule has 2 atom stereocenters. The number of benzene rings is 2.